The van der Waals surface area contributed by atoms with Gasteiger partial charge in [-0.15, -0.1) is 0 Å². The molecule has 24 heavy (non-hydrogen) atoms. The van der Waals surface area contributed by atoms with E-state index >= 15 is 0 Å². The number of phenolic OH excluding ortho intramolecular Hbond substituents is 1. The van der Waals surface area contributed by atoms with E-state index in [-0.39, 0.29) is 11.4 Å². The van der Waals surface area contributed by atoms with Crippen molar-refractivity contribution in [2.45, 2.75) is 45.6 Å². The first kappa shape index (κ1) is 16.0. The Hall–Kier alpha value is -1.52. The summed E-state index contributed by atoms with van der Waals surface area (Å²) in [6.07, 6.45) is 5.00. The summed E-state index contributed by atoms with van der Waals surface area (Å²) in [5.74, 6) is 0.686. The molecule has 5 heteroatoms. The molecule has 0 bridgehead atoms. The third kappa shape index (κ3) is 2.62. The van der Waals surface area contributed by atoms with Gasteiger partial charge in [-0.05, 0) is 56.2 Å². The van der Waals surface area contributed by atoms with Gasteiger partial charge < -0.3 is 9.52 Å². The first-order valence-electron chi connectivity index (χ1n) is 8.76. The van der Waals surface area contributed by atoms with Crippen LogP contribution < -0.4 is 5.63 Å². The van der Waals surface area contributed by atoms with Crippen molar-refractivity contribution in [1.82, 2.24) is 4.90 Å². The van der Waals surface area contributed by atoms with Crippen molar-refractivity contribution < 1.29 is 9.52 Å². The number of aromatic hydroxyl groups is 1. The highest BCUT2D eigenvalue weighted by Gasteiger charge is 2.25. The van der Waals surface area contributed by atoms with Crippen LogP contribution in [0.4, 0.5) is 0 Å². The molecule has 1 fully saturated rings. The minimum Gasteiger partial charge on any atom is -0.506 e. The van der Waals surface area contributed by atoms with Crippen molar-refractivity contribution >= 4 is 22.6 Å². The number of likely N-dealkylation sites (tertiary alicyclic amines) is 1. The van der Waals surface area contributed by atoms with Crippen LogP contribution in [-0.4, -0.2) is 23.1 Å². The molecule has 2 aromatic rings. The van der Waals surface area contributed by atoms with Gasteiger partial charge in [-0.25, -0.2) is 4.79 Å². The van der Waals surface area contributed by atoms with Crippen LogP contribution in [0.3, 0.4) is 0 Å². The smallest absolute Gasteiger partial charge is 0.339 e. The minimum absolute atomic E-state index is 0.0449. The van der Waals surface area contributed by atoms with Gasteiger partial charge in [0.25, 0.3) is 0 Å². The normalized spacial score (nSPS) is 21.3. The second-order valence-electron chi connectivity index (χ2n) is 7.24. The van der Waals surface area contributed by atoms with Crippen LogP contribution in [0.2, 0.25) is 5.02 Å². The standard InChI is InChI=1S/C19H22ClNO3/c1-11-4-3-7-21(9-11)10-15-17(22)16(20)8-14-12-5-2-6-13(12)19(23)24-18(14)15/h8,11,22H,2-7,9-10H2,1H3/t11-/m1/s1. The van der Waals surface area contributed by atoms with Crippen molar-refractivity contribution in [2.24, 2.45) is 5.92 Å². The zero-order valence-corrected chi connectivity index (χ0v) is 14.7. The lowest BCUT2D eigenvalue weighted by Gasteiger charge is -2.31. The molecule has 0 spiro atoms. The molecule has 1 aromatic carbocycles. The molecule has 4 rings (SSSR count). The van der Waals surface area contributed by atoms with Crippen molar-refractivity contribution in [3.63, 3.8) is 0 Å². The summed E-state index contributed by atoms with van der Waals surface area (Å²) in [6, 6.07) is 1.75. The number of piperidine rings is 1. The Kier molecular flexibility index (Phi) is 4.05. The number of aryl methyl sites for hydroxylation is 1. The topological polar surface area (TPSA) is 53.7 Å². The Balaban J connectivity index is 1.86. The van der Waals surface area contributed by atoms with Crippen LogP contribution in [0.1, 0.15) is 42.9 Å². The molecule has 1 N–H and O–H groups in total. The lowest BCUT2D eigenvalue weighted by Crippen LogP contribution is -2.33. The Labute approximate surface area is 146 Å². The molecule has 0 radical (unpaired) electrons. The molecular weight excluding hydrogens is 326 g/mol. The predicted octanol–water partition coefficient (Wildman–Crippen LogP) is 3.87. The van der Waals surface area contributed by atoms with Crippen LogP contribution in [0, 0.1) is 5.92 Å². The summed E-state index contributed by atoms with van der Waals surface area (Å²) in [5.41, 5.74) is 2.74. The highest BCUT2D eigenvalue weighted by molar-refractivity contribution is 6.33. The molecule has 128 valence electrons. The molecule has 1 aliphatic heterocycles. The molecular formula is C19H22ClNO3. The number of halogens is 1. The van der Waals surface area contributed by atoms with Gasteiger partial charge in [-0.2, -0.15) is 0 Å². The first-order chi connectivity index (χ1) is 11.5. The van der Waals surface area contributed by atoms with Gasteiger partial charge in [0, 0.05) is 24.0 Å². The Bertz CT molecular complexity index is 858. The molecule has 0 saturated carbocycles. The fraction of sp³-hybridized carbons (Fsp3) is 0.526. The van der Waals surface area contributed by atoms with Crippen LogP contribution in [0.25, 0.3) is 11.0 Å². The largest absolute Gasteiger partial charge is 0.506 e. The number of hydrogen-bond acceptors (Lipinski definition) is 4. The molecule has 1 aliphatic carbocycles. The second-order valence-corrected chi connectivity index (χ2v) is 7.65. The van der Waals surface area contributed by atoms with Crippen LogP contribution >= 0.6 is 11.6 Å². The molecule has 1 aromatic heterocycles. The number of nitrogens with zero attached hydrogens (tertiary/aromatic N) is 1. The lowest BCUT2D eigenvalue weighted by atomic mass is 9.98. The average Bonchev–Trinajstić information content (AvgIpc) is 3.04. The molecule has 1 atom stereocenters. The summed E-state index contributed by atoms with van der Waals surface area (Å²) in [7, 11) is 0. The number of fused-ring (bicyclic) bond motifs is 3. The maximum atomic E-state index is 12.3. The number of phenols is 1. The summed E-state index contributed by atoms with van der Waals surface area (Å²) in [5, 5.41) is 11.7. The van der Waals surface area contributed by atoms with Crippen LogP contribution in [-0.2, 0) is 19.4 Å². The number of benzene rings is 1. The van der Waals surface area contributed by atoms with E-state index in [0.29, 0.717) is 28.6 Å². The van der Waals surface area contributed by atoms with Gasteiger partial charge >= 0.3 is 5.63 Å². The van der Waals surface area contributed by atoms with E-state index in [4.69, 9.17) is 16.0 Å². The molecule has 2 aliphatic rings. The van der Waals surface area contributed by atoms with Crippen molar-refractivity contribution in [2.75, 3.05) is 13.1 Å². The lowest BCUT2D eigenvalue weighted by molar-refractivity contribution is 0.175. The minimum atomic E-state index is -0.259. The molecule has 0 amide bonds. The van der Waals surface area contributed by atoms with E-state index in [2.05, 4.69) is 11.8 Å². The summed E-state index contributed by atoms with van der Waals surface area (Å²) < 4.78 is 5.64. The van der Waals surface area contributed by atoms with Gasteiger partial charge in [0.05, 0.1) is 10.6 Å². The van der Waals surface area contributed by atoms with E-state index in [1.807, 2.05) is 0 Å². The zero-order chi connectivity index (χ0) is 16.8. The van der Waals surface area contributed by atoms with Gasteiger partial charge in [-0.1, -0.05) is 18.5 Å². The molecule has 0 unspecified atom stereocenters. The van der Waals surface area contributed by atoms with Crippen molar-refractivity contribution in [3.05, 3.63) is 38.2 Å². The van der Waals surface area contributed by atoms with E-state index in [0.717, 1.165) is 55.3 Å². The summed E-state index contributed by atoms with van der Waals surface area (Å²) in [4.78, 5) is 14.6. The highest BCUT2D eigenvalue weighted by atomic mass is 35.5. The zero-order valence-electron chi connectivity index (χ0n) is 13.9. The van der Waals surface area contributed by atoms with E-state index in [1.54, 1.807) is 6.07 Å². The maximum Gasteiger partial charge on any atom is 0.339 e. The predicted molar refractivity (Wildman–Crippen MR) is 94.9 cm³/mol. The monoisotopic (exact) mass is 347 g/mol. The average molecular weight is 348 g/mol. The maximum absolute atomic E-state index is 12.3. The van der Waals surface area contributed by atoms with Gasteiger partial charge in [0.1, 0.15) is 11.3 Å². The molecule has 1 saturated heterocycles. The first-order valence-corrected chi connectivity index (χ1v) is 9.13. The Morgan fingerprint density at radius 1 is 1.33 bits per heavy atom. The van der Waals surface area contributed by atoms with Gasteiger partial charge in [0.15, 0.2) is 0 Å². The number of rotatable bonds is 2. The summed E-state index contributed by atoms with van der Waals surface area (Å²) in [6.45, 7) is 4.79. The van der Waals surface area contributed by atoms with Crippen LogP contribution in [0.15, 0.2) is 15.3 Å². The van der Waals surface area contributed by atoms with Gasteiger partial charge in [0.2, 0.25) is 0 Å². The Morgan fingerprint density at radius 2 is 2.12 bits per heavy atom. The fourth-order valence-corrected chi connectivity index (χ4v) is 4.46. The number of hydrogen-bond donors (Lipinski definition) is 1. The second kappa shape index (κ2) is 6.08. The quantitative estimate of drug-likeness (QED) is 0.838. The van der Waals surface area contributed by atoms with E-state index in [9.17, 15) is 9.90 Å². The third-order valence-electron chi connectivity index (χ3n) is 5.41. The van der Waals surface area contributed by atoms with Crippen LogP contribution in [0.5, 0.6) is 5.75 Å². The van der Waals surface area contributed by atoms with Gasteiger partial charge in [-0.3, -0.25) is 4.90 Å². The molecule has 2 heterocycles. The molecule has 4 nitrogen and oxygen atoms in total. The third-order valence-corrected chi connectivity index (χ3v) is 5.70. The summed E-state index contributed by atoms with van der Waals surface area (Å²) >= 11 is 6.29. The van der Waals surface area contributed by atoms with Crippen molar-refractivity contribution in [3.8, 4) is 5.75 Å². The van der Waals surface area contributed by atoms with E-state index < -0.39 is 0 Å². The van der Waals surface area contributed by atoms with E-state index in [1.165, 1.54) is 6.42 Å². The SMILES string of the molecule is C[C@@H]1CCCN(Cc2c(O)c(Cl)cc3c4c(c(=O)oc23)CCC4)C1. The van der Waals surface area contributed by atoms with Crippen molar-refractivity contribution in [1.29, 1.82) is 0 Å². The fourth-order valence-electron chi connectivity index (χ4n) is 4.24. The highest BCUT2D eigenvalue weighted by Crippen LogP contribution is 2.39. The Morgan fingerprint density at radius 3 is 2.92 bits per heavy atom.